The predicted molar refractivity (Wildman–Crippen MR) is 130 cm³/mol. The van der Waals surface area contributed by atoms with Crippen LogP contribution in [0.1, 0.15) is 29.0 Å². The molecule has 0 bridgehead atoms. The maximum atomic E-state index is 13.6. The largest absolute Gasteiger partial charge is 0.497 e. The van der Waals surface area contributed by atoms with E-state index in [1.807, 2.05) is 18.2 Å². The number of methoxy groups -OCH3 is 2. The number of likely N-dealkylation sites (tertiary alicyclic amines) is 1. The van der Waals surface area contributed by atoms with E-state index < -0.39 is 0 Å². The van der Waals surface area contributed by atoms with Crippen LogP contribution >= 0.6 is 12.4 Å². The maximum absolute atomic E-state index is 13.6. The summed E-state index contributed by atoms with van der Waals surface area (Å²) in [5, 5.41) is 0. The van der Waals surface area contributed by atoms with Crippen LogP contribution in [0.4, 0.5) is 8.78 Å². The second kappa shape index (κ2) is 11.4. The van der Waals surface area contributed by atoms with Gasteiger partial charge in [-0.1, -0.05) is 24.3 Å². The molecule has 1 aliphatic heterocycles. The third-order valence-electron chi connectivity index (χ3n) is 6.29. The molecule has 0 radical (unpaired) electrons. The molecule has 0 aliphatic carbocycles. The number of hydrogen-bond donors (Lipinski definition) is 0. The van der Waals surface area contributed by atoms with Gasteiger partial charge >= 0.3 is 0 Å². The molecule has 34 heavy (non-hydrogen) atoms. The number of halogens is 3. The molecule has 1 fully saturated rings. The van der Waals surface area contributed by atoms with Crippen LogP contribution in [-0.2, 0) is 11.3 Å². The molecule has 1 aliphatic rings. The lowest BCUT2D eigenvalue weighted by Gasteiger charge is -2.36. The van der Waals surface area contributed by atoms with Gasteiger partial charge in [-0.3, -0.25) is 9.69 Å². The van der Waals surface area contributed by atoms with Crippen molar-refractivity contribution in [2.75, 3.05) is 27.3 Å². The van der Waals surface area contributed by atoms with Crippen molar-refractivity contribution >= 4 is 18.2 Å². The fourth-order valence-electron chi connectivity index (χ4n) is 4.60. The smallest absolute Gasteiger partial charge is 0.139 e. The number of nitrogens with zero attached hydrogens (tertiary/aromatic N) is 1. The average molecular weight is 488 g/mol. The summed E-state index contributed by atoms with van der Waals surface area (Å²) in [6, 6.07) is 18.1. The first-order chi connectivity index (χ1) is 16.0. The Hall–Kier alpha value is -2.96. The second-order valence-corrected chi connectivity index (χ2v) is 8.32. The van der Waals surface area contributed by atoms with Crippen molar-refractivity contribution in [2.45, 2.75) is 18.9 Å². The number of carbonyl (C=O) groups excluding carboxylic acids is 1. The first-order valence-electron chi connectivity index (χ1n) is 11.0. The number of benzene rings is 3. The molecule has 3 aromatic rings. The Labute approximate surface area is 204 Å². The minimum Gasteiger partial charge on any atom is -0.497 e. The van der Waals surface area contributed by atoms with Gasteiger partial charge in [-0.2, -0.15) is 0 Å². The molecule has 4 rings (SSSR count). The van der Waals surface area contributed by atoms with Crippen molar-refractivity contribution in [3.8, 4) is 11.5 Å². The molecule has 0 saturated carbocycles. The van der Waals surface area contributed by atoms with Crippen molar-refractivity contribution in [3.63, 3.8) is 0 Å². The number of carbonyl (C=O) groups is 1. The third-order valence-corrected chi connectivity index (χ3v) is 6.29. The maximum Gasteiger partial charge on any atom is 0.139 e. The Morgan fingerprint density at radius 2 is 1.50 bits per heavy atom. The zero-order valence-electron chi connectivity index (χ0n) is 19.2. The highest BCUT2D eigenvalue weighted by atomic mass is 35.5. The number of ether oxygens (including phenoxy) is 2. The highest BCUT2D eigenvalue weighted by Crippen LogP contribution is 2.37. The fourth-order valence-corrected chi connectivity index (χ4v) is 4.60. The van der Waals surface area contributed by atoms with E-state index in [4.69, 9.17) is 9.47 Å². The van der Waals surface area contributed by atoms with Crippen LogP contribution in [0.3, 0.4) is 0 Å². The Morgan fingerprint density at radius 3 is 2.03 bits per heavy atom. The summed E-state index contributed by atoms with van der Waals surface area (Å²) in [7, 11) is 3.25. The molecule has 0 N–H and O–H groups in total. The summed E-state index contributed by atoms with van der Waals surface area (Å²) in [5.74, 6) is 0.350. The van der Waals surface area contributed by atoms with Crippen LogP contribution in [0.25, 0.3) is 0 Å². The minimum atomic E-state index is -0.341. The van der Waals surface area contributed by atoms with Crippen LogP contribution in [0, 0.1) is 17.6 Å². The molecule has 1 heterocycles. The van der Waals surface area contributed by atoms with Gasteiger partial charge in [0.2, 0.25) is 0 Å². The van der Waals surface area contributed by atoms with Crippen LogP contribution in [0.5, 0.6) is 11.5 Å². The van der Waals surface area contributed by atoms with E-state index >= 15 is 0 Å². The summed E-state index contributed by atoms with van der Waals surface area (Å²) in [4.78, 5) is 15.3. The zero-order chi connectivity index (χ0) is 23.4. The summed E-state index contributed by atoms with van der Waals surface area (Å²) in [6.07, 6.45) is 0.413. The Kier molecular flexibility index (Phi) is 8.64. The minimum absolute atomic E-state index is 0. The van der Waals surface area contributed by atoms with Gasteiger partial charge < -0.3 is 9.47 Å². The molecular weight excluding hydrogens is 460 g/mol. The van der Waals surface area contributed by atoms with Gasteiger partial charge in [-0.05, 0) is 53.6 Å². The second-order valence-electron chi connectivity index (χ2n) is 8.32. The topological polar surface area (TPSA) is 38.8 Å². The van der Waals surface area contributed by atoms with Gasteiger partial charge in [-0.15, -0.1) is 12.4 Å². The summed E-state index contributed by atoms with van der Waals surface area (Å²) >= 11 is 0. The lowest BCUT2D eigenvalue weighted by molar-refractivity contribution is -0.126. The summed E-state index contributed by atoms with van der Waals surface area (Å²) in [6.45, 7) is 1.76. The fraction of sp³-hybridized carbons (Fsp3) is 0.296. The van der Waals surface area contributed by atoms with Gasteiger partial charge in [0.1, 0.15) is 28.9 Å². The molecule has 0 spiro atoms. The molecule has 4 nitrogen and oxygen atoms in total. The van der Waals surface area contributed by atoms with Crippen LogP contribution in [-0.4, -0.2) is 38.0 Å². The molecular formula is C27H28ClF2NO3. The van der Waals surface area contributed by atoms with E-state index in [1.54, 1.807) is 38.5 Å². The Balaban J connectivity index is 0.00000324. The van der Waals surface area contributed by atoms with Crippen LogP contribution in [0.2, 0.25) is 0 Å². The molecule has 3 aromatic carbocycles. The SMILES string of the molecule is COc1ccc(OC)c(CN2CCC(=O)C(C(c3ccc(F)cc3)c3ccc(F)cc3)C2)c1.Cl. The number of hydrogen-bond acceptors (Lipinski definition) is 4. The van der Waals surface area contributed by atoms with Crippen LogP contribution < -0.4 is 9.47 Å². The molecule has 1 saturated heterocycles. The molecule has 180 valence electrons. The van der Waals surface area contributed by atoms with Gasteiger partial charge in [0, 0.05) is 43.5 Å². The first kappa shape index (κ1) is 25.7. The lowest BCUT2D eigenvalue weighted by atomic mass is 9.76. The molecule has 0 amide bonds. The van der Waals surface area contributed by atoms with E-state index in [0.29, 0.717) is 26.1 Å². The highest BCUT2D eigenvalue weighted by molar-refractivity contribution is 5.85. The summed E-state index contributed by atoms with van der Waals surface area (Å²) < 4.78 is 38.1. The van der Waals surface area contributed by atoms with Gasteiger partial charge in [0.25, 0.3) is 0 Å². The van der Waals surface area contributed by atoms with Gasteiger partial charge in [0.15, 0.2) is 0 Å². The van der Waals surface area contributed by atoms with Crippen LogP contribution in [0.15, 0.2) is 66.7 Å². The van der Waals surface area contributed by atoms with E-state index in [0.717, 1.165) is 28.2 Å². The van der Waals surface area contributed by atoms with Crippen molar-refractivity contribution in [1.29, 1.82) is 0 Å². The Morgan fingerprint density at radius 1 is 0.912 bits per heavy atom. The normalized spacial score (nSPS) is 16.3. The van der Waals surface area contributed by atoms with Gasteiger partial charge in [0.05, 0.1) is 14.2 Å². The number of Topliss-reactive ketones (excluding diaryl/α,β-unsaturated/α-hetero) is 1. The average Bonchev–Trinajstić information content (AvgIpc) is 2.83. The third kappa shape index (κ3) is 5.75. The van der Waals surface area contributed by atoms with Crippen molar-refractivity contribution in [1.82, 2.24) is 4.90 Å². The van der Waals surface area contributed by atoms with E-state index in [-0.39, 0.29) is 41.7 Å². The monoisotopic (exact) mass is 487 g/mol. The van der Waals surface area contributed by atoms with E-state index in [1.165, 1.54) is 24.3 Å². The highest BCUT2D eigenvalue weighted by Gasteiger charge is 2.35. The standard InChI is InChI=1S/C27H27F2NO3.ClH/c1-32-23-11-12-26(33-2)20(15-23)16-30-14-13-25(31)24(17-30)27(18-3-7-21(28)8-4-18)19-5-9-22(29)10-6-19;/h3-12,15,24,27H,13-14,16-17H2,1-2H3;1H. The van der Waals surface area contributed by atoms with E-state index in [9.17, 15) is 13.6 Å². The lowest BCUT2D eigenvalue weighted by Crippen LogP contribution is -2.43. The molecule has 1 atom stereocenters. The Bertz CT molecular complexity index is 1060. The number of ketones is 1. The van der Waals surface area contributed by atoms with Crippen molar-refractivity contribution < 1.29 is 23.0 Å². The zero-order valence-corrected chi connectivity index (χ0v) is 20.0. The van der Waals surface area contributed by atoms with Gasteiger partial charge in [-0.25, -0.2) is 8.78 Å². The number of piperidine rings is 1. The summed E-state index contributed by atoms with van der Waals surface area (Å²) in [5.41, 5.74) is 2.65. The molecule has 7 heteroatoms. The van der Waals surface area contributed by atoms with Crippen molar-refractivity contribution in [3.05, 3.63) is 95.1 Å². The van der Waals surface area contributed by atoms with Crippen molar-refractivity contribution in [2.24, 2.45) is 5.92 Å². The first-order valence-corrected chi connectivity index (χ1v) is 11.0. The molecule has 0 aromatic heterocycles. The predicted octanol–water partition coefficient (Wildman–Crippen LogP) is 5.63. The van der Waals surface area contributed by atoms with E-state index in [2.05, 4.69) is 4.90 Å². The quantitative estimate of drug-likeness (QED) is 0.433. The number of rotatable bonds is 7. The molecule has 1 unspecified atom stereocenters.